The third kappa shape index (κ3) is 7.41. The lowest BCUT2D eigenvalue weighted by Crippen LogP contribution is -2.52. The van der Waals surface area contributed by atoms with Crippen LogP contribution in [-0.4, -0.2) is 48.4 Å². The zero-order valence-corrected chi connectivity index (χ0v) is 17.6. The molecule has 0 atom stereocenters. The fourth-order valence-corrected chi connectivity index (χ4v) is 9.29. The molecule has 128 valence electrons. The molecule has 0 heterocycles. The minimum absolute atomic E-state index is 0.801. The van der Waals surface area contributed by atoms with Crippen molar-refractivity contribution in [3.8, 4) is 0 Å². The molecule has 0 amide bonds. The summed E-state index contributed by atoms with van der Waals surface area (Å²) in [7, 11) is -2.55. The highest BCUT2D eigenvalue weighted by molar-refractivity contribution is 6.77. The van der Waals surface area contributed by atoms with Gasteiger partial charge in [-0.2, -0.15) is 0 Å². The van der Waals surface area contributed by atoms with Crippen LogP contribution in [0.5, 0.6) is 0 Å². The van der Waals surface area contributed by atoms with Crippen LogP contribution in [0, 0.1) is 0 Å². The van der Waals surface area contributed by atoms with Crippen LogP contribution < -0.4 is 0 Å². The van der Waals surface area contributed by atoms with Gasteiger partial charge in [0.15, 0.2) is 0 Å². The highest BCUT2D eigenvalue weighted by Crippen LogP contribution is 2.25. The molecule has 0 aliphatic carbocycles. The van der Waals surface area contributed by atoms with E-state index in [4.69, 9.17) is 8.85 Å². The first-order valence-corrected chi connectivity index (χ1v) is 13.4. The van der Waals surface area contributed by atoms with Gasteiger partial charge in [-0.1, -0.05) is 34.1 Å². The fraction of sp³-hybridized carbons (Fsp3) is 1.00. The van der Waals surface area contributed by atoms with Gasteiger partial charge < -0.3 is 13.4 Å². The topological polar surface area (TPSA) is 21.7 Å². The van der Waals surface area contributed by atoms with E-state index in [2.05, 4.69) is 46.1 Å². The number of rotatable bonds is 14. The molecule has 0 aromatic carbocycles. The molecule has 0 unspecified atom stereocenters. The van der Waals surface area contributed by atoms with Crippen LogP contribution >= 0.6 is 0 Å². The summed E-state index contributed by atoms with van der Waals surface area (Å²) >= 11 is 0. The van der Waals surface area contributed by atoms with E-state index < -0.39 is 17.5 Å². The third-order valence-electron chi connectivity index (χ3n) is 4.85. The average Bonchev–Trinajstić information content (AvgIpc) is 2.51. The predicted octanol–water partition coefficient (Wildman–Crippen LogP) is 4.39. The summed E-state index contributed by atoms with van der Waals surface area (Å²) in [5.74, 6) is 0. The number of nitrogens with zero attached hydrogens (tertiary/aromatic N) is 1. The molecule has 3 nitrogen and oxygen atoms in total. The minimum atomic E-state index is -1.38. The van der Waals surface area contributed by atoms with Crippen LogP contribution in [0.25, 0.3) is 0 Å². The standard InChI is InChI=1S/C16H39NO2Si2/c1-7-17(21(10-4,11-5)12-6)15-13-14-16-20(18-8-2)19-9-3/h20H,7-16H2,1-6H3. The minimum Gasteiger partial charge on any atom is -0.397 e. The summed E-state index contributed by atoms with van der Waals surface area (Å²) in [4.78, 5) is 0. The second-order valence-corrected chi connectivity index (χ2v) is 13.0. The third-order valence-corrected chi connectivity index (χ3v) is 13.0. The Morgan fingerprint density at radius 1 is 0.810 bits per heavy atom. The largest absolute Gasteiger partial charge is 0.397 e. The summed E-state index contributed by atoms with van der Waals surface area (Å²) < 4.78 is 14.4. The van der Waals surface area contributed by atoms with E-state index in [0.29, 0.717) is 0 Å². The van der Waals surface area contributed by atoms with E-state index in [1.165, 1.54) is 44.1 Å². The molecule has 21 heavy (non-hydrogen) atoms. The molecule has 0 radical (unpaired) electrons. The van der Waals surface area contributed by atoms with Crippen molar-refractivity contribution in [1.29, 1.82) is 0 Å². The molecule has 5 heteroatoms. The van der Waals surface area contributed by atoms with Crippen molar-refractivity contribution in [2.75, 3.05) is 26.3 Å². The number of hydrogen-bond acceptors (Lipinski definition) is 3. The highest BCUT2D eigenvalue weighted by Gasteiger charge is 2.32. The van der Waals surface area contributed by atoms with Gasteiger partial charge in [0, 0.05) is 13.2 Å². The van der Waals surface area contributed by atoms with Gasteiger partial charge in [0.2, 0.25) is 0 Å². The molecule has 0 saturated carbocycles. The van der Waals surface area contributed by atoms with E-state index in [9.17, 15) is 0 Å². The lowest BCUT2D eigenvalue weighted by Gasteiger charge is -2.40. The second-order valence-electron chi connectivity index (χ2n) is 5.70. The Balaban J connectivity index is 4.22. The van der Waals surface area contributed by atoms with Crippen LogP contribution in [0.1, 0.15) is 54.4 Å². The number of hydrogen-bond donors (Lipinski definition) is 0. The molecule has 0 bridgehead atoms. The Morgan fingerprint density at radius 2 is 1.33 bits per heavy atom. The maximum atomic E-state index is 5.76. The molecule has 0 N–H and O–H groups in total. The summed E-state index contributed by atoms with van der Waals surface area (Å²) in [5, 5.41) is 0. The highest BCUT2D eigenvalue weighted by atomic mass is 28.3. The molecule has 0 saturated heterocycles. The first kappa shape index (κ1) is 21.3. The summed E-state index contributed by atoms with van der Waals surface area (Å²) in [5.41, 5.74) is 0. The molecule has 0 spiro atoms. The van der Waals surface area contributed by atoms with Crippen molar-refractivity contribution >= 4 is 17.5 Å². The maximum absolute atomic E-state index is 5.76. The first-order chi connectivity index (χ1) is 10.1. The van der Waals surface area contributed by atoms with Crippen molar-refractivity contribution in [3.05, 3.63) is 0 Å². The molecular formula is C16H39NO2Si2. The summed E-state index contributed by atoms with van der Waals surface area (Å²) in [6, 6.07) is 5.34. The van der Waals surface area contributed by atoms with Crippen LogP contribution in [0.4, 0.5) is 0 Å². The van der Waals surface area contributed by atoms with E-state index >= 15 is 0 Å². The van der Waals surface area contributed by atoms with Gasteiger partial charge in [-0.05, 0) is 57.5 Å². The van der Waals surface area contributed by atoms with Crippen molar-refractivity contribution in [3.63, 3.8) is 0 Å². The molecule has 0 fully saturated rings. The van der Waals surface area contributed by atoms with Gasteiger partial charge in [0.05, 0.1) is 0 Å². The van der Waals surface area contributed by atoms with Gasteiger partial charge in [-0.3, -0.25) is 0 Å². The molecular weight excluding hydrogens is 294 g/mol. The van der Waals surface area contributed by atoms with Gasteiger partial charge in [-0.25, -0.2) is 0 Å². The van der Waals surface area contributed by atoms with Gasteiger partial charge >= 0.3 is 9.28 Å². The van der Waals surface area contributed by atoms with E-state index in [0.717, 1.165) is 19.3 Å². The zero-order chi connectivity index (χ0) is 16.1. The lowest BCUT2D eigenvalue weighted by molar-refractivity contribution is 0.212. The van der Waals surface area contributed by atoms with Gasteiger partial charge in [0.25, 0.3) is 0 Å². The van der Waals surface area contributed by atoms with Gasteiger partial charge in [-0.15, -0.1) is 0 Å². The smallest absolute Gasteiger partial charge is 0.321 e. The fourth-order valence-electron chi connectivity index (χ4n) is 3.35. The Labute approximate surface area is 136 Å². The first-order valence-electron chi connectivity index (χ1n) is 9.12. The van der Waals surface area contributed by atoms with Crippen LogP contribution in [0.3, 0.4) is 0 Å². The average molecular weight is 334 g/mol. The molecule has 0 aliphatic heterocycles. The maximum Gasteiger partial charge on any atom is 0.321 e. The normalized spacial score (nSPS) is 12.6. The van der Waals surface area contributed by atoms with Crippen molar-refractivity contribution in [2.24, 2.45) is 0 Å². The second kappa shape index (κ2) is 12.8. The number of unbranched alkanes of at least 4 members (excludes halogenated alkanes) is 1. The van der Waals surface area contributed by atoms with Crippen molar-refractivity contribution < 1.29 is 8.85 Å². The summed E-state index contributed by atoms with van der Waals surface area (Å²) in [6.07, 6.45) is 2.56. The SMILES string of the molecule is CCO[SiH](CCCCN(CC)[Si](CC)(CC)CC)OCC. The Bertz CT molecular complexity index is 224. The Kier molecular flexibility index (Phi) is 13.0. The summed E-state index contributed by atoms with van der Waals surface area (Å²) in [6.45, 7) is 17.8. The van der Waals surface area contributed by atoms with Crippen molar-refractivity contribution in [2.45, 2.75) is 78.6 Å². The van der Waals surface area contributed by atoms with E-state index in [-0.39, 0.29) is 0 Å². The predicted molar refractivity (Wildman–Crippen MR) is 98.9 cm³/mol. The molecule has 0 aromatic rings. The quantitative estimate of drug-likeness (QED) is 0.348. The zero-order valence-electron chi connectivity index (χ0n) is 15.4. The molecule has 0 aromatic heterocycles. The van der Waals surface area contributed by atoms with Crippen molar-refractivity contribution in [1.82, 2.24) is 4.57 Å². The van der Waals surface area contributed by atoms with Crippen LogP contribution in [-0.2, 0) is 8.85 Å². The monoisotopic (exact) mass is 333 g/mol. The van der Waals surface area contributed by atoms with Gasteiger partial charge in [0.1, 0.15) is 8.24 Å². The Hall–Kier alpha value is 0.314. The molecule has 0 rings (SSSR count). The van der Waals surface area contributed by atoms with Crippen LogP contribution in [0.15, 0.2) is 0 Å². The van der Waals surface area contributed by atoms with E-state index in [1.54, 1.807) is 0 Å². The lowest BCUT2D eigenvalue weighted by atomic mass is 10.3. The van der Waals surface area contributed by atoms with Crippen LogP contribution in [0.2, 0.25) is 24.2 Å². The molecule has 0 aliphatic rings. The van der Waals surface area contributed by atoms with E-state index in [1.807, 2.05) is 0 Å². The Morgan fingerprint density at radius 3 is 1.71 bits per heavy atom.